The fourth-order valence-electron chi connectivity index (χ4n) is 4.88. The van der Waals surface area contributed by atoms with Gasteiger partial charge in [-0.1, -0.05) is 24.3 Å². The maximum Gasteiger partial charge on any atom is 0.198 e. The molecule has 0 aromatic heterocycles. The summed E-state index contributed by atoms with van der Waals surface area (Å²) in [6.45, 7) is 2.51. The summed E-state index contributed by atoms with van der Waals surface area (Å²) in [6, 6.07) is 6.55. The Balaban J connectivity index is 1.82. The standard InChI is InChI=1S/C26H29NO6/c1-15(28)26(32)10-9-16-19(13-26)25(31)22-21(20(16)14-33-12-6-2-5-11-27)23(29)17-7-3-4-8-18(17)24(22)30/h3-4,7-8,31-32H,2,5-6,9-14,27H2,1H3/t26-/m1/s1. The highest BCUT2D eigenvalue weighted by Gasteiger charge is 2.43. The number of carbonyl (C=O) groups excluding carboxylic acids is 3. The topological polar surface area (TPSA) is 127 Å². The molecule has 0 fully saturated rings. The van der Waals surface area contributed by atoms with Crippen LogP contribution in [0.25, 0.3) is 0 Å². The number of ether oxygens (including phenoxy) is 1. The Hall–Kier alpha value is -2.87. The van der Waals surface area contributed by atoms with Crippen LogP contribution in [-0.2, 0) is 29.0 Å². The van der Waals surface area contributed by atoms with Gasteiger partial charge in [-0.05, 0) is 56.7 Å². The van der Waals surface area contributed by atoms with Gasteiger partial charge in [0.15, 0.2) is 17.3 Å². The number of fused-ring (bicyclic) bond motifs is 3. The number of ketones is 3. The van der Waals surface area contributed by atoms with E-state index in [0.717, 1.165) is 19.3 Å². The lowest BCUT2D eigenvalue weighted by Crippen LogP contribution is -2.43. The molecule has 0 aliphatic heterocycles. The second kappa shape index (κ2) is 9.17. The summed E-state index contributed by atoms with van der Waals surface area (Å²) < 4.78 is 5.89. The lowest BCUT2D eigenvalue weighted by Gasteiger charge is -2.35. The van der Waals surface area contributed by atoms with Crippen LogP contribution in [0.5, 0.6) is 5.75 Å². The van der Waals surface area contributed by atoms with Crippen LogP contribution in [0.15, 0.2) is 24.3 Å². The molecule has 174 valence electrons. The summed E-state index contributed by atoms with van der Waals surface area (Å²) in [5.74, 6) is -1.48. The van der Waals surface area contributed by atoms with Crippen molar-refractivity contribution in [2.24, 2.45) is 5.73 Å². The van der Waals surface area contributed by atoms with Crippen molar-refractivity contribution in [3.63, 3.8) is 0 Å². The molecular weight excluding hydrogens is 422 g/mol. The number of benzene rings is 2. The van der Waals surface area contributed by atoms with Crippen molar-refractivity contribution in [2.75, 3.05) is 13.2 Å². The Morgan fingerprint density at radius 3 is 2.36 bits per heavy atom. The van der Waals surface area contributed by atoms with Crippen LogP contribution in [0.1, 0.15) is 81.1 Å². The molecule has 0 unspecified atom stereocenters. The summed E-state index contributed by atoms with van der Waals surface area (Å²) in [7, 11) is 0. The number of Topliss-reactive ketones (excluding diaryl/α,β-unsaturated/α-hetero) is 1. The molecule has 4 rings (SSSR count). The van der Waals surface area contributed by atoms with Crippen LogP contribution < -0.4 is 5.73 Å². The number of phenols is 1. The summed E-state index contributed by atoms with van der Waals surface area (Å²) in [4.78, 5) is 39.0. The molecular formula is C26H29NO6. The summed E-state index contributed by atoms with van der Waals surface area (Å²) in [5.41, 5.74) is 6.15. The molecule has 2 aromatic carbocycles. The average molecular weight is 452 g/mol. The van der Waals surface area contributed by atoms with Gasteiger partial charge in [-0.25, -0.2) is 0 Å². The highest BCUT2D eigenvalue weighted by molar-refractivity contribution is 6.30. The minimum atomic E-state index is -1.61. The third-order valence-corrected chi connectivity index (χ3v) is 6.83. The molecule has 0 amide bonds. The molecule has 1 atom stereocenters. The minimum absolute atomic E-state index is 0.0630. The van der Waals surface area contributed by atoms with E-state index < -0.39 is 17.2 Å². The number of hydrogen-bond donors (Lipinski definition) is 3. The molecule has 0 bridgehead atoms. The third-order valence-electron chi connectivity index (χ3n) is 6.83. The fourth-order valence-corrected chi connectivity index (χ4v) is 4.88. The quantitative estimate of drug-likeness (QED) is 0.449. The van der Waals surface area contributed by atoms with E-state index in [1.54, 1.807) is 24.3 Å². The molecule has 4 N–H and O–H groups in total. The lowest BCUT2D eigenvalue weighted by molar-refractivity contribution is -0.136. The molecule has 7 heteroatoms. The number of rotatable bonds is 8. The number of aliphatic hydroxyl groups is 1. The van der Waals surface area contributed by atoms with Crippen molar-refractivity contribution in [2.45, 2.75) is 57.7 Å². The molecule has 2 aliphatic carbocycles. The van der Waals surface area contributed by atoms with Gasteiger partial charge in [0.2, 0.25) is 0 Å². The van der Waals surface area contributed by atoms with Gasteiger partial charge < -0.3 is 20.7 Å². The number of unbranched alkanes of at least 4 members (excludes halogenated alkanes) is 2. The Bertz CT molecular complexity index is 1140. The van der Waals surface area contributed by atoms with E-state index in [0.29, 0.717) is 41.8 Å². The summed E-state index contributed by atoms with van der Waals surface area (Å²) >= 11 is 0. The van der Waals surface area contributed by atoms with Crippen molar-refractivity contribution in [3.05, 3.63) is 63.2 Å². The van der Waals surface area contributed by atoms with Crippen LogP contribution in [0.2, 0.25) is 0 Å². The monoisotopic (exact) mass is 451 g/mol. The highest BCUT2D eigenvalue weighted by Crippen LogP contribution is 2.44. The zero-order chi connectivity index (χ0) is 23.8. The van der Waals surface area contributed by atoms with Crippen molar-refractivity contribution < 1.29 is 29.3 Å². The Morgan fingerprint density at radius 1 is 1.06 bits per heavy atom. The third kappa shape index (κ3) is 4.01. The average Bonchev–Trinajstić information content (AvgIpc) is 2.81. The van der Waals surface area contributed by atoms with Gasteiger partial charge in [-0.3, -0.25) is 14.4 Å². The number of nitrogens with two attached hydrogens (primary N) is 1. The van der Waals surface area contributed by atoms with E-state index in [1.165, 1.54) is 6.92 Å². The second-order valence-corrected chi connectivity index (χ2v) is 8.90. The van der Waals surface area contributed by atoms with E-state index in [2.05, 4.69) is 0 Å². The molecule has 2 aliphatic rings. The van der Waals surface area contributed by atoms with Crippen molar-refractivity contribution in [3.8, 4) is 5.75 Å². The SMILES string of the molecule is CC(=O)[C@@]1(O)CCc2c(c(O)c3c(c2COCCCCCN)C(=O)c2ccccc2C3=O)C1. The molecule has 0 heterocycles. The van der Waals surface area contributed by atoms with E-state index >= 15 is 0 Å². The van der Waals surface area contributed by atoms with Crippen LogP contribution in [0, 0.1) is 0 Å². The first-order valence-electron chi connectivity index (χ1n) is 11.4. The van der Waals surface area contributed by atoms with Gasteiger partial charge in [-0.15, -0.1) is 0 Å². The Morgan fingerprint density at radius 2 is 1.73 bits per heavy atom. The number of hydrogen-bond acceptors (Lipinski definition) is 7. The predicted octanol–water partition coefficient (Wildman–Crippen LogP) is 2.62. The highest BCUT2D eigenvalue weighted by atomic mass is 16.5. The van der Waals surface area contributed by atoms with E-state index in [1.807, 2.05) is 0 Å². The van der Waals surface area contributed by atoms with Gasteiger partial charge >= 0.3 is 0 Å². The normalized spacial score (nSPS) is 19.1. The van der Waals surface area contributed by atoms with E-state index in [9.17, 15) is 24.6 Å². The number of phenolic OH excluding ortho intramolecular Hbond substituents is 1. The first kappa shape index (κ1) is 23.3. The van der Waals surface area contributed by atoms with Crippen LogP contribution in [-0.4, -0.2) is 46.3 Å². The fraction of sp³-hybridized carbons (Fsp3) is 0.423. The first-order chi connectivity index (χ1) is 15.8. The summed E-state index contributed by atoms with van der Waals surface area (Å²) in [5, 5.41) is 22.0. The lowest BCUT2D eigenvalue weighted by atomic mass is 9.71. The van der Waals surface area contributed by atoms with Gasteiger partial charge in [-0.2, -0.15) is 0 Å². The maximum atomic E-state index is 13.5. The van der Waals surface area contributed by atoms with Crippen molar-refractivity contribution >= 4 is 17.3 Å². The zero-order valence-electron chi connectivity index (χ0n) is 18.8. The minimum Gasteiger partial charge on any atom is -0.507 e. The number of aromatic hydroxyl groups is 1. The second-order valence-electron chi connectivity index (χ2n) is 8.90. The molecule has 0 spiro atoms. The van der Waals surface area contributed by atoms with Crippen molar-refractivity contribution in [1.82, 2.24) is 0 Å². The maximum absolute atomic E-state index is 13.5. The van der Waals surface area contributed by atoms with E-state index in [-0.39, 0.29) is 47.7 Å². The summed E-state index contributed by atoms with van der Waals surface area (Å²) in [6.07, 6.45) is 3.01. The smallest absolute Gasteiger partial charge is 0.198 e. The first-order valence-corrected chi connectivity index (χ1v) is 11.4. The van der Waals surface area contributed by atoms with Gasteiger partial charge in [0.25, 0.3) is 0 Å². The van der Waals surface area contributed by atoms with Crippen LogP contribution in [0.4, 0.5) is 0 Å². The van der Waals surface area contributed by atoms with Crippen LogP contribution in [0.3, 0.4) is 0 Å². The molecule has 0 saturated carbocycles. The predicted molar refractivity (Wildman–Crippen MR) is 122 cm³/mol. The molecule has 0 radical (unpaired) electrons. The molecule has 0 saturated heterocycles. The van der Waals surface area contributed by atoms with Gasteiger partial charge in [0.1, 0.15) is 11.4 Å². The molecule has 2 aromatic rings. The van der Waals surface area contributed by atoms with Gasteiger partial charge in [0, 0.05) is 35.3 Å². The Kier molecular flexibility index (Phi) is 6.47. The Labute approximate surface area is 192 Å². The van der Waals surface area contributed by atoms with Gasteiger partial charge in [0.05, 0.1) is 12.2 Å². The number of carbonyl (C=O) groups is 3. The van der Waals surface area contributed by atoms with Crippen molar-refractivity contribution in [1.29, 1.82) is 0 Å². The van der Waals surface area contributed by atoms with Crippen LogP contribution >= 0.6 is 0 Å². The van der Waals surface area contributed by atoms with E-state index in [4.69, 9.17) is 10.5 Å². The zero-order valence-corrected chi connectivity index (χ0v) is 18.8. The molecule has 7 nitrogen and oxygen atoms in total. The largest absolute Gasteiger partial charge is 0.507 e. The molecule has 33 heavy (non-hydrogen) atoms.